The number of fused-ring (bicyclic) bond motifs is 1. The van der Waals surface area contributed by atoms with Crippen LogP contribution in [0.4, 0.5) is 13.2 Å². The number of oxazole rings is 1. The fourth-order valence-electron chi connectivity index (χ4n) is 1.25. The number of carbonyl (C=O) groups excluding carboxylic acids is 1. The van der Waals surface area contributed by atoms with Gasteiger partial charge in [0, 0.05) is 11.8 Å². The molecule has 0 spiro atoms. The van der Waals surface area contributed by atoms with Crippen molar-refractivity contribution < 1.29 is 22.4 Å². The van der Waals surface area contributed by atoms with E-state index in [1.165, 1.54) is 25.1 Å². The van der Waals surface area contributed by atoms with Crippen LogP contribution in [0.25, 0.3) is 11.1 Å². The third-order valence-corrected chi connectivity index (χ3v) is 2.62. The molecule has 1 aromatic carbocycles. The molecule has 1 aromatic heterocycles. The van der Waals surface area contributed by atoms with Gasteiger partial charge in [-0.2, -0.15) is 13.2 Å². The van der Waals surface area contributed by atoms with E-state index in [-0.39, 0.29) is 33.9 Å². The Morgan fingerprint density at radius 1 is 1.41 bits per heavy atom. The van der Waals surface area contributed by atoms with Crippen LogP contribution in [-0.4, -0.2) is 16.3 Å². The number of nitrogens with zero attached hydrogens (tertiary/aromatic N) is 1. The number of carbonyl (C=O) groups is 1. The maximum Gasteiger partial charge on any atom is 0.446 e. The summed E-state index contributed by atoms with van der Waals surface area (Å²) in [6.45, 7) is 1.27. The van der Waals surface area contributed by atoms with Crippen LogP contribution in [0.2, 0.25) is 0 Å². The van der Waals surface area contributed by atoms with Crippen molar-refractivity contribution in [1.29, 1.82) is 0 Å². The number of rotatable bonds is 2. The highest BCUT2D eigenvalue weighted by Crippen LogP contribution is 2.37. The number of halogens is 3. The molecule has 90 valence electrons. The zero-order valence-electron chi connectivity index (χ0n) is 8.54. The minimum atomic E-state index is -4.35. The molecule has 0 bridgehead atoms. The Morgan fingerprint density at radius 3 is 2.71 bits per heavy atom. The molecule has 0 unspecified atom stereocenters. The van der Waals surface area contributed by atoms with Gasteiger partial charge in [0.15, 0.2) is 5.58 Å². The van der Waals surface area contributed by atoms with Crippen LogP contribution in [0.15, 0.2) is 27.5 Å². The van der Waals surface area contributed by atoms with E-state index in [4.69, 9.17) is 4.42 Å². The molecule has 0 radical (unpaired) electrons. The quantitative estimate of drug-likeness (QED) is 0.611. The van der Waals surface area contributed by atoms with E-state index in [0.717, 1.165) is 0 Å². The molecule has 0 atom stereocenters. The number of thioether (sulfide) groups is 1. The van der Waals surface area contributed by atoms with Crippen LogP contribution in [0.3, 0.4) is 0 Å². The normalized spacial score (nSPS) is 12.0. The van der Waals surface area contributed by atoms with Gasteiger partial charge in [-0.05, 0) is 30.0 Å². The van der Waals surface area contributed by atoms with Crippen molar-refractivity contribution in [2.75, 3.05) is 0 Å². The van der Waals surface area contributed by atoms with Crippen LogP contribution in [0.5, 0.6) is 0 Å². The van der Waals surface area contributed by atoms with E-state index in [1.807, 2.05) is 0 Å². The lowest BCUT2D eigenvalue weighted by atomic mass is 10.3. The molecule has 0 aliphatic heterocycles. The van der Waals surface area contributed by atoms with Crippen LogP contribution in [-0.2, 0) is 0 Å². The van der Waals surface area contributed by atoms with E-state index in [2.05, 4.69) is 4.98 Å². The van der Waals surface area contributed by atoms with Gasteiger partial charge in [0.25, 0.3) is 5.89 Å². The zero-order chi connectivity index (χ0) is 12.6. The number of hydrogen-bond donors (Lipinski definition) is 0. The van der Waals surface area contributed by atoms with Crippen molar-refractivity contribution >= 4 is 28.6 Å². The van der Waals surface area contributed by atoms with Gasteiger partial charge in [-0.15, -0.1) is 0 Å². The van der Waals surface area contributed by atoms with Crippen molar-refractivity contribution in [3.63, 3.8) is 0 Å². The van der Waals surface area contributed by atoms with Gasteiger partial charge >= 0.3 is 5.51 Å². The van der Waals surface area contributed by atoms with Crippen LogP contribution in [0, 0.1) is 0 Å². The van der Waals surface area contributed by atoms with Crippen molar-refractivity contribution in [1.82, 2.24) is 4.98 Å². The molecule has 17 heavy (non-hydrogen) atoms. The summed E-state index contributed by atoms with van der Waals surface area (Å²) in [6.07, 6.45) is 0. The standard InChI is InChI=1S/C10H6F3NO2S/c1-5(15)9-14-7-3-2-6(4-8(7)16-9)17-10(11,12)13/h2-4H,1H3. The number of aromatic nitrogens is 1. The predicted molar refractivity (Wildman–Crippen MR) is 55.9 cm³/mol. The highest BCUT2D eigenvalue weighted by molar-refractivity contribution is 8.00. The molecular weight excluding hydrogens is 255 g/mol. The van der Waals surface area contributed by atoms with Crippen molar-refractivity contribution in [3.05, 3.63) is 24.1 Å². The van der Waals surface area contributed by atoms with Crippen molar-refractivity contribution in [2.24, 2.45) is 0 Å². The first kappa shape index (κ1) is 12.0. The Bertz CT molecular complexity index is 576. The van der Waals surface area contributed by atoms with E-state index in [1.54, 1.807) is 0 Å². The van der Waals surface area contributed by atoms with Crippen molar-refractivity contribution in [2.45, 2.75) is 17.3 Å². The fourth-order valence-corrected chi connectivity index (χ4v) is 1.82. The van der Waals surface area contributed by atoms with E-state index >= 15 is 0 Å². The van der Waals surface area contributed by atoms with Gasteiger partial charge in [0.2, 0.25) is 5.78 Å². The summed E-state index contributed by atoms with van der Waals surface area (Å²) >= 11 is -0.239. The SMILES string of the molecule is CC(=O)c1nc2ccc(SC(F)(F)F)cc2o1. The predicted octanol–water partition coefficient (Wildman–Crippen LogP) is 3.64. The number of benzene rings is 1. The van der Waals surface area contributed by atoms with Gasteiger partial charge in [-0.25, -0.2) is 4.98 Å². The molecule has 0 amide bonds. The molecule has 0 saturated carbocycles. The summed E-state index contributed by atoms with van der Waals surface area (Å²) in [5.74, 6) is -0.472. The first-order valence-corrected chi connectivity index (χ1v) is 5.34. The molecule has 2 rings (SSSR count). The third kappa shape index (κ3) is 2.79. The van der Waals surface area contributed by atoms with Gasteiger partial charge in [-0.1, -0.05) is 0 Å². The maximum absolute atomic E-state index is 12.1. The number of ketones is 1. The largest absolute Gasteiger partial charge is 0.446 e. The Kier molecular flexibility index (Phi) is 2.86. The number of Topliss-reactive ketones (excluding diaryl/α,β-unsaturated/α-hetero) is 1. The summed E-state index contributed by atoms with van der Waals surface area (Å²) in [7, 11) is 0. The minimum absolute atomic E-state index is 0.00347. The molecule has 3 nitrogen and oxygen atoms in total. The lowest BCUT2D eigenvalue weighted by Crippen LogP contribution is -1.98. The smallest absolute Gasteiger partial charge is 0.434 e. The van der Waals surface area contributed by atoms with Crippen LogP contribution >= 0.6 is 11.8 Å². The van der Waals surface area contributed by atoms with Gasteiger partial charge in [0.05, 0.1) is 0 Å². The highest BCUT2D eigenvalue weighted by atomic mass is 32.2. The second kappa shape index (κ2) is 4.06. The van der Waals surface area contributed by atoms with E-state index in [9.17, 15) is 18.0 Å². The number of hydrogen-bond acceptors (Lipinski definition) is 4. The lowest BCUT2D eigenvalue weighted by molar-refractivity contribution is -0.0328. The molecule has 2 aromatic rings. The molecular formula is C10H6F3NO2S. The monoisotopic (exact) mass is 261 g/mol. The second-order valence-corrected chi connectivity index (χ2v) is 4.39. The van der Waals surface area contributed by atoms with Gasteiger partial charge in [-0.3, -0.25) is 4.79 Å². The molecule has 7 heteroatoms. The molecule has 0 fully saturated rings. The first-order valence-electron chi connectivity index (χ1n) is 4.52. The minimum Gasteiger partial charge on any atom is -0.434 e. The molecule has 0 N–H and O–H groups in total. The summed E-state index contributed by atoms with van der Waals surface area (Å²) in [5.41, 5.74) is -3.82. The lowest BCUT2D eigenvalue weighted by Gasteiger charge is -2.04. The molecule has 0 saturated heterocycles. The topological polar surface area (TPSA) is 43.1 Å². The fraction of sp³-hybridized carbons (Fsp3) is 0.200. The second-order valence-electron chi connectivity index (χ2n) is 3.25. The molecule has 0 aliphatic carbocycles. The first-order chi connectivity index (χ1) is 7.85. The Balaban J connectivity index is 2.40. The summed E-state index contributed by atoms with van der Waals surface area (Å²) in [5, 5.41) is 0. The van der Waals surface area contributed by atoms with Crippen LogP contribution in [0.1, 0.15) is 17.6 Å². The Labute approximate surface area is 98.0 Å². The van der Waals surface area contributed by atoms with Crippen LogP contribution < -0.4 is 0 Å². The Hall–Kier alpha value is -1.50. The average molecular weight is 261 g/mol. The summed E-state index contributed by atoms with van der Waals surface area (Å²) < 4.78 is 41.5. The number of alkyl halides is 3. The van der Waals surface area contributed by atoms with E-state index < -0.39 is 5.51 Å². The summed E-state index contributed by atoms with van der Waals surface area (Å²) in [6, 6.07) is 3.89. The van der Waals surface area contributed by atoms with Gasteiger partial charge < -0.3 is 4.42 Å². The van der Waals surface area contributed by atoms with E-state index in [0.29, 0.717) is 5.52 Å². The molecule has 1 heterocycles. The summed E-state index contributed by atoms with van der Waals surface area (Å²) in [4.78, 5) is 14.8. The highest BCUT2D eigenvalue weighted by Gasteiger charge is 2.29. The average Bonchev–Trinajstić information content (AvgIpc) is 2.57. The van der Waals surface area contributed by atoms with Gasteiger partial charge in [0.1, 0.15) is 5.52 Å². The van der Waals surface area contributed by atoms with Crippen molar-refractivity contribution in [3.8, 4) is 0 Å². The Morgan fingerprint density at radius 2 is 2.12 bits per heavy atom. The molecule has 0 aliphatic rings. The third-order valence-electron chi connectivity index (χ3n) is 1.89. The maximum atomic E-state index is 12.1. The zero-order valence-corrected chi connectivity index (χ0v) is 9.35.